The summed E-state index contributed by atoms with van der Waals surface area (Å²) in [5.41, 5.74) is 1.68. The number of halogens is 1. The third-order valence-electron chi connectivity index (χ3n) is 5.85. The average molecular weight is 347 g/mol. The molecule has 2 heterocycles. The predicted molar refractivity (Wildman–Crippen MR) is 95.5 cm³/mol. The molecule has 0 unspecified atom stereocenters. The van der Waals surface area contributed by atoms with Gasteiger partial charge in [0.2, 0.25) is 0 Å². The number of fused-ring (bicyclic) bond motifs is 1. The Morgan fingerprint density at radius 2 is 2.21 bits per heavy atom. The summed E-state index contributed by atoms with van der Waals surface area (Å²) < 4.78 is 5.74. The average Bonchev–Trinajstić information content (AvgIpc) is 3.19. The first-order valence-corrected chi connectivity index (χ1v) is 9.10. The summed E-state index contributed by atoms with van der Waals surface area (Å²) in [7, 11) is 1.80. The fraction of sp³-hybridized carbons (Fsp3) is 0.526. The number of H-pyrrole nitrogens is 1. The lowest BCUT2D eigenvalue weighted by Crippen LogP contribution is -2.49. The second-order valence-electron chi connectivity index (χ2n) is 7.19. The molecule has 1 aliphatic heterocycles. The van der Waals surface area contributed by atoms with Gasteiger partial charge in [0, 0.05) is 41.5 Å². The molecule has 4 rings (SSSR count). The van der Waals surface area contributed by atoms with Crippen molar-refractivity contribution >= 4 is 28.4 Å². The number of rotatable bonds is 2. The number of aromatic nitrogens is 1. The summed E-state index contributed by atoms with van der Waals surface area (Å²) in [6, 6.07) is 7.58. The minimum Gasteiger partial charge on any atom is -0.381 e. The van der Waals surface area contributed by atoms with Crippen molar-refractivity contribution in [2.24, 2.45) is 5.41 Å². The van der Waals surface area contributed by atoms with Gasteiger partial charge in [-0.2, -0.15) is 0 Å². The number of benzene rings is 1. The molecule has 1 aromatic carbocycles. The standard InChI is InChI=1S/C19H23ClN2O2/c1-24-17-7-3-8-19(17)9-4-10-22(12-19)18(23)16-11-13-14(20)5-2-6-15(13)21-16/h2,5-6,11,17,21H,3-4,7-10,12H2,1H3/t17-,19-/m1/s1. The van der Waals surface area contributed by atoms with Gasteiger partial charge in [-0.15, -0.1) is 0 Å². The van der Waals surface area contributed by atoms with Crippen LogP contribution in [0, 0.1) is 5.41 Å². The van der Waals surface area contributed by atoms with E-state index in [1.807, 2.05) is 29.2 Å². The molecule has 1 amide bonds. The van der Waals surface area contributed by atoms with Crippen LogP contribution in [0.2, 0.25) is 5.02 Å². The van der Waals surface area contributed by atoms with Crippen molar-refractivity contribution in [3.8, 4) is 0 Å². The van der Waals surface area contributed by atoms with Gasteiger partial charge in [-0.3, -0.25) is 4.79 Å². The summed E-state index contributed by atoms with van der Waals surface area (Å²) in [5, 5.41) is 1.58. The maximum atomic E-state index is 13.0. The Hall–Kier alpha value is -1.52. The summed E-state index contributed by atoms with van der Waals surface area (Å²) in [6.07, 6.45) is 5.96. The molecule has 2 aromatic rings. The maximum absolute atomic E-state index is 13.0. The van der Waals surface area contributed by atoms with Gasteiger partial charge in [-0.05, 0) is 43.9 Å². The highest BCUT2D eigenvalue weighted by atomic mass is 35.5. The van der Waals surface area contributed by atoms with Crippen molar-refractivity contribution in [3.63, 3.8) is 0 Å². The van der Waals surface area contributed by atoms with Crippen LogP contribution in [0.1, 0.15) is 42.6 Å². The zero-order valence-corrected chi connectivity index (χ0v) is 14.7. The number of nitrogens with zero attached hydrogens (tertiary/aromatic N) is 1. The fourth-order valence-electron chi connectivity index (χ4n) is 4.68. The molecule has 1 aliphatic carbocycles. The van der Waals surface area contributed by atoms with E-state index in [-0.39, 0.29) is 17.4 Å². The van der Waals surface area contributed by atoms with Crippen molar-refractivity contribution < 1.29 is 9.53 Å². The number of piperidine rings is 1. The van der Waals surface area contributed by atoms with E-state index in [0.29, 0.717) is 10.7 Å². The summed E-state index contributed by atoms with van der Waals surface area (Å²) in [4.78, 5) is 18.3. The number of ether oxygens (including phenoxy) is 1. The third-order valence-corrected chi connectivity index (χ3v) is 6.18. The van der Waals surface area contributed by atoms with Crippen LogP contribution in [0.25, 0.3) is 10.9 Å². The van der Waals surface area contributed by atoms with Crippen LogP contribution in [-0.2, 0) is 4.74 Å². The number of amides is 1. The van der Waals surface area contributed by atoms with Gasteiger partial charge < -0.3 is 14.6 Å². The number of nitrogens with one attached hydrogen (secondary N) is 1. The SMILES string of the molecule is CO[C@@H]1CCC[C@]12CCCN(C(=O)c1cc3c(Cl)cccc3[nH]1)C2. The monoisotopic (exact) mass is 346 g/mol. The zero-order valence-electron chi connectivity index (χ0n) is 14.0. The second kappa shape index (κ2) is 6.08. The highest BCUT2D eigenvalue weighted by molar-refractivity contribution is 6.35. The minimum atomic E-state index is 0.0723. The molecule has 4 nitrogen and oxygen atoms in total. The van der Waals surface area contributed by atoms with E-state index in [1.165, 1.54) is 6.42 Å². The molecule has 0 bridgehead atoms. The summed E-state index contributed by atoms with van der Waals surface area (Å²) in [5.74, 6) is 0.0723. The lowest BCUT2D eigenvalue weighted by atomic mass is 9.76. The quantitative estimate of drug-likeness (QED) is 0.883. The summed E-state index contributed by atoms with van der Waals surface area (Å²) >= 11 is 6.24. The van der Waals surface area contributed by atoms with Crippen molar-refractivity contribution in [3.05, 3.63) is 35.0 Å². The fourth-order valence-corrected chi connectivity index (χ4v) is 4.91. The smallest absolute Gasteiger partial charge is 0.270 e. The normalized spacial score (nSPS) is 27.2. The van der Waals surface area contributed by atoms with Gasteiger partial charge in [0.1, 0.15) is 5.69 Å². The number of carbonyl (C=O) groups is 1. The Balaban J connectivity index is 1.60. The van der Waals surface area contributed by atoms with E-state index in [2.05, 4.69) is 4.98 Å². The van der Waals surface area contributed by atoms with Crippen molar-refractivity contribution in [1.29, 1.82) is 0 Å². The molecule has 5 heteroatoms. The largest absolute Gasteiger partial charge is 0.381 e. The lowest BCUT2D eigenvalue weighted by molar-refractivity contribution is -0.0296. The van der Waals surface area contributed by atoms with Gasteiger partial charge in [0.25, 0.3) is 5.91 Å². The molecule has 0 radical (unpaired) electrons. The van der Waals surface area contributed by atoms with Crippen LogP contribution in [0.4, 0.5) is 0 Å². The highest BCUT2D eigenvalue weighted by Gasteiger charge is 2.46. The van der Waals surface area contributed by atoms with Gasteiger partial charge in [-0.1, -0.05) is 24.1 Å². The molecule has 1 N–H and O–H groups in total. The van der Waals surface area contributed by atoms with Gasteiger partial charge in [-0.25, -0.2) is 0 Å². The zero-order chi connectivity index (χ0) is 16.7. The molecule has 1 aromatic heterocycles. The van der Waals surface area contributed by atoms with E-state index in [1.54, 1.807) is 7.11 Å². The first-order chi connectivity index (χ1) is 11.6. The van der Waals surface area contributed by atoms with Crippen LogP contribution >= 0.6 is 11.6 Å². The third kappa shape index (κ3) is 2.52. The van der Waals surface area contributed by atoms with Crippen LogP contribution in [0.3, 0.4) is 0 Å². The number of methoxy groups -OCH3 is 1. The first-order valence-electron chi connectivity index (χ1n) is 8.72. The topological polar surface area (TPSA) is 45.3 Å². The Labute approximate surface area is 147 Å². The molecule has 1 spiro atoms. The molecule has 1 saturated heterocycles. The predicted octanol–water partition coefficient (Wildman–Crippen LogP) is 4.24. The molecule has 128 valence electrons. The Bertz CT molecular complexity index is 772. The molecular weight excluding hydrogens is 324 g/mol. The van der Waals surface area contributed by atoms with Crippen molar-refractivity contribution in [2.75, 3.05) is 20.2 Å². The molecule has 1 saturated carbocycles. The summed E-state index contributed by atoms with van der Waals surface area (Å²) in [6.45, 7) is 1.62. The van der Waals surface area contributed by atoms with Crippen molar-refractivity contribution in [1.82, 2.24) is 9.88 Å². The van der Waals surface area contributed by atoms with E-state index >= 15 is 0 Å². The van der Waals surface area contributed by atoms with Gasteiger partial charge >= 0.3 is 0 Å². The molecular formula is C19H23ClN2O2. The van der Waals surface area contributed by atoms with Gasteiger partial charge in [0.15, 0.2) is 0 Å². The highest BCUT2D eigenvalue weighted by Crippen LogP contribution is 2.46. The molecule has 24 heavy (non-hydrogen) atoms. The maximum Gasteiger partial charge on any atom is 0.270 e. The van der Waals surface area contributed by atoms with Gasteiger partial charge in [0.05, 0.1) is 6.10 Å². The number of aromatic amines is 1. The minimum absolute atomic E-state index is 0.0723. The second-order valence-corrected chi connectivity index (χ2v) is 7.60. The van der Waals surface area contributed by atoms with E-state index in [4.69, 9.17) is 16.3 Å². The molecule has 2 aliphatic rings. The van der Waals surface area contributed by atoms with Crippen LogP contribution < -0.4 is 0 Å². The lowest BCUT2D eigenvalue weighted by Gasteiger charge is -2.43. The van der Waals surface area contributed by atoms with Crippen LogP contribution in [0.5, 0.6) is 0 Å². The van der Waals surface area contributed by atoms with E-state index in [9.17, 15) is 4.79 Å². The number of likely N-dealkylation sites (tertiary alicyclic amines) is 1. The Kier molecular flexibility index (Phi) is 4.05. The van der Waals surface area contributed by atoms with E-state index in [0.717, 1.165) is 49.7 Å². The first kappa shape index (κ1) is 16.0. The van der Waals surface area contributed by atoms with Crippen LogP contribution in [-0.4, -0.2) is 42.1 Å². The van der Waals surface area contributed by atoms with Crippen LogP contribution in [0.15, 0.2) is 24.3 Å². The Morgan fingerprint density at radius 3 is 3.00 bits per heavy atom. The number of hydrogen-bond acceptors (Lipinski definition) is 2. The molecule has 2 fully saturated rings. The number of hydrogen-bond donors (Lipinski definition) is 1. The van der Waals surface area contributed by atoms with Crippen molar-refractivity contribution in [2.45, 2.75) is 38.2 Å². The number of carbonyl (C=O) groups excluding carboxylic acids is 1. The molecule has 2 atom stereocenters. The Morgan fingerprint density at radius 1 is 1.38 bits per heavy atom. The van der Waals surface area contributed by atoms with E-state index < -0.39 is 0 Å².